The summed E-state index contributed by atoms with van der Waals surface area (Å²) >= 11 is 0. The summed E-state index contributed by atoms with van der Waals surface area (Å²) < 4.78 is 23.4. The van der Waals surface area contributed by atoms with Crippen LogP contribution in [-0.2, 0) is 18.4 Å². The number of hydrogen-bond acceptors (Lipinski definition) is 6. The number of hydrogen-bond donors (Lipinski definition) is 2. The van der Waals surface area contributed by atoms with E-state index >= 15 is 0 Å². The van der Waals surface area contributed by atoms with Crippen molar-refractivity contribution in [1.82, 2.24) is 5.32 Å². The third kappa shape index (κ3) is 56.4. The number of phosphoric acid groups is 1. The van der Waals surface area contributed by atoms with Gasteiger partial charge in [0.05, 0.1) is 39.9 Å². The van der Waals surface area contributed by atoms with Gasteiger partial charge in [0.25, 0.3) is 7.82 Å². The van der Waals surface area contributed by atoms with Crippen LogP contribution in [0.4, 0.5) is 0 Å². The predicted molar refractivity (Wildman–Crippen MR) is 311 cm³/mol. The summed E-state index contributed by atoms with van der Waals surface area (Å²) in [6, 6.07) is -0.908. The molecule has 0 saturated heterocycles. The van der Waals surface area contributed by atoms with Crippen LogP contribution in [0.1, 0.15) is 309 Å². The van der Waals surface area contributed by atoms with Crippen LogP contribution in [0, 0.1) is 0 Å². The van der Waals surface area contributed by atoms with Gasteiger partial charge in [0.2, 0.25) is 5.91 Å². The molecule has 0 rings (SSSR count). The number of phosphoric ester groups is 1. The highest BCUT2D eigenvalue weighted by molar-refractivity contribution is 7.45. The smallest absolute Gasteiger partial charge is 0.268 e. The summed E-state index contributed by atoms with van der Waals surface area (Å²) in [4.78, 5) is 25.5. The van der Waals surface area contributed by atoms with E-state index in [4.69, 9.17) is 9.05 Å². The van der Waals surface area contributed by atoms with Crippen molar-refractivity contribution in [2.24, 2.45) is 0 Å². The van der Waals surface area contributed by atoms with Crippen LogP contribution in [0.2, 0.25) is 0 Å². The number of unbranched alkanes of at least 4 members (excludes halogenated alkanes) is 41. The van der Waals surface area contributed by atoms with E-state index in [1.54, 1.807) is 6.08 Å². The predicted octanol–water partition coefficient (Wildman–Crippen LogP) is 18.7. The molecule has 0 fully saturated rings. The number of aliphatic hydroxyl groups is 1. The molecule has 0 saturated carbocycles. The van der Waals surface area contributed by atoms with Gasteiger partial charge in [-0.2, -0.15) is 0 Å². The van der Waals surface area contributed by atoms with E-state index in [1.807, 2.05) is 27.2 Å². The standard InChI is InChI=1S/C63H123N2O6P/c1-6-8-10-12-14-16-18-20-22-24-26-28-29-30-31-32-33-34-35-37-38-40-42-44-46-48-50-52-54-56-62(66)61(60-71-72(68,69)70-59-58-65(3,4)5)64-63(67)57-55-53-51-49-47-45-43-41-39-36-27-25-23-21-19-17-15-13-11-9-7-2/h38,40,46,48,54,56,61-62,66H,6-37,39,41-45,47,49-53,55,57-60H2,1-5H3,(H-,64,67,68,69)/b40-38+,48-46+,56-54+. The molecule has 0 aromatic carbocycles. The monoisotopic (exact) mass is 1030 g/mol. The Morgan fingerprint density at radius 3 is 1.12 bits per heavy atom. The van der Waals surface area contributed by atoms with Crippen molar-refractivity contribution in [2.75, 3.05) is 40.9 Å². The van der Waals surface area contributed by atoms with Crippen molar-refractivity contribution in [2.45, 2.75) is 321 Å². The Morgan fingerprint density at radius 1 is 0.472 bits per heavy atom. The zero-order valence-corrected chi connectivity index (χ0v) is 49.5. The molecular formula is C63H123N2O6P. The van der Waals surface area contributed by atoms with Crippen molar-refractivity contribution in [3.8, 4) is 0 Å². The van der Waals surface area contributed by atoms with Gasteiger partial charge in [-0.3, -0.25) is 9.36 Å². The van der Waals surface area contributed by atoms with Crippen LogP contribution < -0.4 is 10.2 Å². The summed E-state index contributed by atoms with van der Waals surface area (Å²) in [6.45, 7) is 4.67. The zero-order valence-electron chi connectivity index (χ0n) is 48.6. The van der Waals surface area contributed by atoms with Gasteiger partial charge in [-0.25, -0.2) is 0 Å². The molecule has 9 heteroatoms. The molecule has 0 radical (unpaired) electrons. The first-order valence-electron chi connectivity index (χ1n) is 31.4. The van der Waals surface area contributed by atoms with Gasteiger partial charge in [0, 0.05) is 6.42 Å². The lowest BCUT2D eigenvalue weighted by Crippen LogP contribution is -2.45. The quantitative estimate of drug-likeness (QED) is 0.0272. The van der Waals surface area contributed by atoms with Crippen LogP contribution in [0.5, 0.6) is 0 Å². The molecule has 3 unspecified atom stereocenters. The molecule has 0 aliphatic rings. The fourth-order valence-electron chi connectivity index (χ4n) is 9.42. The number of carbonyl (C=O) groups excluding carboxylic acids is 1. The molecule has 72 heavy (non-hydrogen) atoms. The van der Waals surface area contributed by atoms with Gasteiger partial charge in [-0.05, 0) is 44.9 Å². The molecule has 3 atom stereocenters. The fourth-order valence-corrected chi connectivity index (χ4v) is 10.1. The maximum atomic E-state index is 13.0. The molecule has 0 bridgehead atoms. The largest absolute Gasteiger partial charge is 0.756 e. The summed E-state index contributed by atoms with van der Waals surface area (Å²) in [5.41, 5.74) is 0. The molecule has 0 aromatic rings. The van der Waals surface area contributed by atoms with Crippen molar-refractivity contribution in [3.05, 3.63) is 36.5 Å². The Balaban J connectivity index is 4.19. The van der Waals surface area contributed by atoms with Crippen LogP contribution >= 0.6 is 7.82 Å². The minimum atomic E-state index is -4.61. The number of allylic oxidation sites excluding steroid dienone is 5. The Kier molecular flexibility index (Phi) is 53.5. The lowest BCUT2D eigenvalue weighted by atomic mass is 10.0. The number of nitrogens with zero attached hydrogens (tertiary/aromatic N) is 1. The summed E-state index contributed by atoms with van der Waals surface area (Å²) in [7, 11) is 1.25. The van der Waals surface area contributed by atoms with Gasteiger partial charge in [0.15, 0.2) is 0 Å². The van der Waals surface area contributed by atoms with Crippen LogP contribution in [0.15, 0.2) is 36.5 Å². The SMILES string of the molecule is CCCCCCCCCCCCCCCCCCCCC/C=C/CC/C=C/CC/C=C/C(O)C(COP(=O)([O-])OCC[N+](C)(C)C)NC(=O)CCCCCCCCCCCCCCCCCCCCCCC. The molecule has 8 nitrogen and oxygen atoms in total. The zero-order chi connectivity index (χ0) is 52.7. The topological polar surface area (TPSA) is 108 Å². The number of rotatable bonds is 58. The second-order valence-electron chi connectivity index (χ2n) is 22.8. The molecular weight excluding hydrogens is 912 g/mol. The van der Waals surface area contributed by atoms with Crippen LogP contribution in [0.25, 0.3) is 0 Å². The molecule has 0 aliphatic heterocycles. The second-order valence-corrected chi connectivity index (χ2v) is 24.2. The van der Waals surface area contributed by atoms with E-state index in [0.29, 0.717) is 17.4 Å². The minimum Gasteiger partial charge on any atom is -0.756 e. The van der Waals surface area contributed by atoms with E-state index in [1.165, 1.54) is 244 Å². The molecule has 0 aliphatic carbocycles. The maximum absolute atomic E-state index is 13.0. The van der Waals surface area contributed by atoms with Crippen molar-refractivity contribution in [3.63, 3.8) is 0 Å². The van der Waals surface area contributed by atoms with Gasteiger partial charge in [-0.15, -0.1) is 0 Å². The number of amides is 1. The average Bonchev–Trinajstić information content (AvgIpc) is 3.34. The lowest BCUT2D eigenvalue weighted by Gasteiger charge is -2.29. The summed E-state index contributed by atoms with van der Waals surface area (Å²) in [5.74, 6) is -0.205. The maximum Gasteiger partial charge on any atom is 0.268 e. The highest BCUT2D eigenvalue weighted by Crippen LogP contribution is 2.38. The Labute approximate surface area is 448 Å². The average molecular weight is 1040 g/mol. The second kappa shape index (κ2) is 54.5. The van der Waals surface area contributed by atoms with E-state index < -0.39 is 26.6 Å². The van der Waals surface area contributed by atoms with Gasteiger partial charge >= 0.3 is 0 Å². The van der Waals surface area contributed by atoms with E-state index in [0.717, 1.165) is 44.9 Å². The number of likely N-dealkylation sites (N-methyl/N-ethyl adjacent to an activating group) is 1. The normalized spacial score (nSPS) is 14.0. The third-order valence-corrected chi connectivity index (χ3v) is 15.3. The van der Waals surface area contributed by atoms with Crippen molar-refractivity contribution >= 4 is 13.7 Å². The van der Waals surface area contributed by atoms with Crippen molar-refractivity contribution in [1.29, 1.82) is 0 Å². The Bertz CT molecular complexity index is 1270. The van der Waals surface area contributed by atoms with Crippen LogP contribution in [0.3, 0.4) is 0 Å². The highest BCUT2D eigenvalue weighted by atomic mass is 31.2. The van der Waals surface area contributed by atoms with Crippen LogP contribution in [-0.4, -0.2) is 68.5 Å². The molecule has 0 spiro atoms. The minimum absolute atomic E-state index is 0.00725. The Hall–Kier alpha value is -1.28. The first-order chi connectivity index (χ1) is 35.0. The molecule has 1 amide bonds. The van der Waals surface area contributed by atoms with Gasteiger partial charge in [-0.1, -0.05) is 294 Å². The molecule has 0 aromatic heterocycles. The van der Waals surface area contributed by atoms with Gasteiger partial charge < -0.3 is 28.8 Å². The summed E-state index contributed by atoms with van der Waals surface area (Å²) in [6.07, 6.45) is 71.0. The first-order valence-corrected chi connectivity index (χ1v) is 32.8. The van der Waals surface area contributed by atoms with E-state index in [-0.39, 0.29) is 12.5 Å². The summed E-state index contributed by atoms with van der Waals surface area (Å²) in [5, 5.41) is 13.9. The van der Waals surface area contributed by atoms with E-state index in [9.17, 15) is 19.4 Å². The molecule has 426 valence electrons. The lowest BCUT2D eigenvalue weighted by molar-refractivity contribution is -0.870. The number of nitrogens with one attached hydrogen (secondary N) is 1. The number of quaternary nitrogens is 1. The third-order valence-electron chi connectivity index (χ3n) is 14.3. The Morgan fingerprint density at radius 2 is 0.778 bits per heavy atom. The van der Waals surface area contributed by atoms with E-state index in [2.05, 4.69) is 43.5 Å². The fraction of sp³-hybridized carbons (Fsp3) is 0.889. The van der Waals surface area contributed by atoms with Gasteiger partial charge in [0.1, 0.15) is 13.2 Å². The first kappa shape index (κ1) is 70.7. The van der Waals surface area contributed by atoms with Crippen molar-refractivity contribution < 1.29 is 32.9 Å². The molecule has 0 heterocycles. The highest BCUT2D eigenvalue weighted by Gasteiger charge is 2.23. The molecule has 2 N–H and O–H groups in total. The number of aliphatic hydroxyl groups excluding tert-OH is 1. The number of carbonyl (C=O) groups is 1.